The van der Waals surface area contributed by atoms with E-state index in [1.807, 2.05) is 49.4 Å². The molecule has 1 N–H and O–H groups in total. The van der Waals surface area contributed by atoms with Gasteiger partial charge in [-0.3, -0.25) is 4.79 Å². The molecule has 0 fully saturated rings. The highest BCUT2D eigenvalue weighted by molar-refractivity contribution is 6.09. The summed E-state index contributed by atoms with van der Waals surface area (Å²) in [5.74, 6) is -0.433. The maximum Gasteiger partial charge on any atom is 0.340 e. The molecule has 3 aromatic carbocycles. The zero-order valence-corrected chi connectivity index (χ0v) is 18.6. The van der Waals surface area contributed by atoms with Crippen LogP contribution in [0.25, 0.3) is 16.3 Å². The van der Waals surface area contributed by atoms with Gasteiger partial charge in [0.25, 0.3) is 0 Å². The molecule has 3 rings (SSSR count). The Morgan fingerprint density at radius 2 is 1.53 bits per heavy atom. The molecule has 0 aliphatic rings. The minimum atomic E-state index is -0.658. The van der Waals surface area contributed by atoms with Gasteiger partial charge < -0.3 is 24.3 Å². The van der Waals surface area contributed by atoms with Crippen LogP contribution in [0.1, 0.15) is 22.8 Å². The summed E-state index contributed by atoms with van der Waals surface area (Å²) < 4.78 is 21.0. The summed E-state index contributed by atoms with van der Waals surface area (Å²) in [4.78, 5) is 25.3. The Morgan fingerprint density at radius 1 is 0.844 bits per heavy atom. The van der Waals surface area contributed by atoms with Crippen molar-refractivity contribution in [3.63, 3.8) is 0 Å². The zero-order valence-electron chi connectivity index (χ0n) is 18.6. The zero-order chi connectivity index (χ0) is 23.3. The van der Waals surface area contributed by atoms with E-state index in [4.69, 9.17) is 18.9 Å². The Labute approximate surface area is 186 Å². The number of allylic oxidation sites excluding steroid dienone is 1. The van der Waals surface area contributed by atoms with Crippen LogP contribution >= 0.6 is 0 Å². The highest BCUT2D eigenvalue weighted by Crippen LogP contribution is 2.45. The van der Waals surface area contributed by atoms with Gasteiger partial charge in [0.1, 0.15) is 5.69 Å². The maximum atomic E-state index is 12.9. The molecule has 7 nitrogen and oxygen atoms in total. The molecular formula is C25H25NO6. The number of hydrogen-bond donors (Lipinski definition) is 1. The van der Waals surface area contributed by atoms with Crippen molar-refractivity contribution in [1.82, 2.24) is 0 Å². The molecule has 32 heavy (non-hydrogen) atoms. The predicted octanol–water partition coefficient (Wildman–Crippen LogP) is 4.69. The molecule has 7 heteroatoms. The fourth-order valence-electron chi connectivity index (χ4n) is 3.43. The van der Waals surface area contributed by atoms with Crippen LogP contribution in [0.5, 0.6) is 17.2 Å². The lowest BCUT2D eigenvalue weighted by Gasteiger charge is -2.18. The van der Waals surface area contributed by atoms with Crippen LogP contribution in [0.4, 0.5) is 5.69 Å². The molecule has 166 valence electrons. The lowest BCUT2D eigenvalue weighted by Crippen LogP contribution is -2.15. The quantitative estimate of drug-likeness (QED) is 0.428. The van der Waals surface area contributed by atoms with Crippen molar-refractivity contribution in [2.45, 2.75) is 6.92 Å². The first-order chi connectivity index (χ1) is 15.4. The smallest absolute Gasteiger partial charge is 0.340 e. The lowest BCUT2D eigenvalue weighted by atomic mass is 10.0. The van der Waals surface area contributed by atoms with E-state index in [-0.39, 0.29) is 28.5 Å². The van der Waals surface area contributed by atoms with Crippen molar-refractivity contribution in [3.05, 3.63) is 65.7 Å². The second-order valence-electron chi connectivity index (χ2n) is 6.94. The summed E-state index contributed by atoms with van der Waals surface area (Å²) in [6.07, 6.45) is 1.46. The molecule has 1 amide bonds. The molecule has 0 saturated carbocycles. The van der Waals surface area contributed by atoms with Crippen LogP contribution in [0.2, 0.25) is 0 Å². The van der Waals surface area contributed by atoms with Crippen molar-refractivity contribution in [2.75, 3.05) is 33.8 Å². The monoisotopic (exact) mass is 435 g/mol. The number of fused-ring (bicyclic) bond motifs is 1. The van der Waals surface area contributed by atoms with Gasteiger partial charge in [0.15, 0.2) is 11.5 Å². The minimum Gasteiger partial charge on any atom is -0.493 e. The molecule has 0 radical (unpaired) electrons. The maximum absolute atomic E-state index is 12.9. The van der Waals surface area contributed by atoms with Crippen molar-refractivity contribution < 1.29 is 28.5 Å². The van der Waals surface area contributed by atoms with E-state index in [0.29, 0.717) is 0 Å². The number of carbonyl (C=O) groups is 2. The largest absolute Gasteiger partial charge is 0.493 e. The van der Waals surface area contributed by atoms with E-state index in [2.05, 4.69) is 5.32 Å². The minimum absolute atomic E-state index is 0.0760. The second-order valence-corrected chi connectivity index (χ2v) is 6.94. The number of ether oxygens (including phenoxy) is 4. The van der Waals surface area contributed by atoms with Gasteiger partial charge >= 0.3 is 5.97 Å². The van der Waals surface area contributed by atoms with Crippen molar-refractivity contribution in [1.29, 1.82) is 0 Å². The average Bonchev–Trinajstić information content (AvgIpc) is 2.82. The molecule has 0 heterocycles. The number of carbonyl (C=O) groups excluding carboxylic acids is 2. The van der Waals surface area contributed by atoms with E-state index in [0.717, 1.165) is 21.9 Å². The molecular weight excluding hydrogens is 410 g/mol. The molecule has 0 aromatic heterocycles. The molecule has 0 unspecified atom stereocenters. The van der Waals surface area contributed by atoms with Crippen molar-refractivity contribution in [3.8, 4) is 17.2 Å². The Balaban J connectivity index is 2.00. The number of esters is 1. The van der Waals surface area contributed by atoms with Crippen molar-refractivity contribution >= 4 is 33.9 Å². The van der Waals surface area contributed by atoms with Crippen LogP contribution in [0, 0.1) is 0 Å². The normalized spacial score (nSPS) is 11.1. The molecule has 0 atom stereocenters. The Morgan fingerprint density at radius 3 is 2.16 bits per heavy atom. The summed E-state index contributed by atoms with van der Waals surface area (Å²) >= 11 is 0. The number of anilines is 1. The highest BCUT2D eigenvalue weighted by Gasteiger charge is 2.26. The standard InChI is InChI=1S/C25H25NO6/c1-15(17-11-10-16-8-6-7-9-18(16)13-17)12-21(27)26-22-19(25(28)32-5)14-20(29-2)23(30-3)24(22)31-4/h6-14H,1-5H3,(H,26,27). The first-order valence-electron chi connectivity index (χ1n) is 9.83. The second kappa shape index (κ2) is 9.87. The van der Waals surface area contributed by atoms with Gasteiger partial charge in [0.2, 0.25) is 11.7 Å². The Hall–Kier alpha value is -4.00. The van der Waals surface area contributed by atoms with E-state index in [1.165, 1.54) is 40.6 Å². The van der Waals surface area contributed by atoms with E-state index < -0.39 is 11.9 Å². The highest BCUT2D eigenvalue weighted by atomic mass is 16.5. The summed E-state index contributed by atoms with van der Waals surface area (Å²) in [5, 5.41) is 4.93. The van der Waals surface area contributed by atoms with Crippen molar-refractivity contribution in [2.24, 2.45) is 0 Å². The Kier molecular flexibility index (Phi) is 7.00. The van der Waals surface area contributed by atoms with E-state index in [1.54, 1.807) is 0 Å². The fourth-order valence-corrected chi connectivity index (χ4v) is 3.43. The number of nitrogens with one attached hydrogen (secondary N) is 1. The number of amides is 1. The SMILES string of the molecule is COC(=O)c1cc(OC)c(OC)c(OC)c1NC(=O)C=C(C)c1ccc2ccccc2c1. The van der Waals surface area contributed by atoms with Gasteiger partial charge in [0, 0.05) is 12.1 Å². The molecule has 0 aliphatic carbocycles. The summed E-state index contributed by atoms with van der Waals surface area (Å²) in [6.45, 7) is 1.84. The van der Waals surface area contributed by atoms with Gasteiger partial charge in [-0.25, -0.2) is 4.79 Å². The van der Waals surface area contributed by atoms with Gasteiger partial charge in [-0.1, -0.05) is 36.4 Å². The lowest BCUT2D eigenvalue weighted by molar-refractivity contribution is -0.111. The van der Waals surface area contributed by atoms with E-state index in [9.17, 15) is 9.59 Å². The third kappa shape index (κ3) is 4.51. The van der Waals surface area contributed by atoms with Crippen LogP contribution in [-0.2, 0) is 9.53 Å². The number of methoxy groups -OCH3 is 4. The first-order valence-corrected chi connectivity index (χ1v) is 9.83. The van der Waals surface area contributed by atoms with Crippen LogP contribution in [0.15, 0.2) is 54.6 Å². The number of benzene rings is 3. The third-order valence-corrected chi connectivity index (χ3v) is 5.04. The molecule has 0 spiro atoms. The first kappa shape index (κ1) is 22.7. The topological polar surface area (TPSA) is 83.1 Å². The van der Waals surface area contributed by atoms with Crippen LogP contribution in [-0.4, -0.2) is 40.3 Å². The van der Waals surface area contributed by atoms with E-state index >= 15 is 0 Å². The molecule has 3 aromatic rings. The van der Waals surface area contributed by atoms with Crippen LogP contribution in [0.3, 0.4) is 0 Å². The third-order valence-electron chi connectivity index (χ3n) is 5.04. The van der Waals surface area contributed by atoms with Gasteiger partial charge in [-0.15, -0.1) is 0 Å². The molecule has 0 aliphatic heterocycles. The van der Waals surface area contributed by atoms with Gasteiger partial charge in [-0.2, -0.15) is 0 Å². The fraction of sp³-hybridized carbons (Fsp3) is 0.200. The predicted molar refractivity (Wildman–Crippen MR) is 124 cm³/mol. The van der Waals surface area contributed by atoms with Crippen LogP contribution < -0.4 is 19.5 Å². The Bertz CT molecular complexity index is 1200. The number of hydrogen-bond acceptors (Lipinski definition) is 6. The molecule has 0 saturated heterocycles. The van der Waals surface area contributed by atoms with Gasteiger partial charge in [-0.05, 0) is 34.9 Å². The average molecular weight is 435 g/mol. The molecule has 0 bridgehead atoms. The summed E-state index contributed by atoms with van der Waals surface area (Å²) in [6, 6.07) is 15.4. The summed E-state index contributed by atoms with van der Waals surface area (Å²) in [7, 11) is 5.53. The number of rotatable bonds is 7. The summed E-state index contributed by atoms with van der Waals surface area (Å²) in [5.41, 5.74) is 1.87. The van der Waals surface area contributed by atoms with Gasteiger partial charge in [0.05, 0.1) is 34.0 Å².